The number of likely N-dealkylation sites (N-methyl/N-ethyl adjacent to an activating group) is 1. The summed E-state index contributed by atoms with van der Waals surface area (Å²) >= 11 is 5.50. The van der Waals surface area contributed by atoms with Crippen LogP contribution in [0.4, 0.5) is 0 Å². The Balaban J connectivity index is 2.44. The lowest BCUT2D eigenvalue weighted by Crippen LogP contribution is -2.29. The van der Waals surface area contributed by atoms with Crippen molar-refractivity contribution in [2.75, 3.05) is 26.7 Å². The third kappa shape index (κ3) is 2.74. The van der Waals surface area contributed by atoms with Crippen LogP contribution in [-0.4, -0.2) is 41.2 Å². The number of nitrogens with zero attached hydrogens (tertiary/aromatic N) is 2. The van der Waals surface area contributed by atoms with E-state index in [1.807, 2.05) is 12.1 Å². The molecule has 0 saturated heterocycles. The Morgan fingerprint density at radius 2 is 2.05 bits per heavy atom. The Labute approximate surface area is 125 Å². The van der Waals surface area contributed by atoms with Gasteiger partial charge < -0.3 is 19.2 Å². The van der Waals surface area contributed by atoms with Gasteiger partial charge >= 0.3 is 0 Å². The van der Waals surface area contributed by atoms with Crippen LogP contribution in [0.25, 0.3) is 11.0 Å². The number of methoxy groups -OCH3 is 1. The number of imidazole rings is 1. The molecule has 0 aliphatic heterocycles. The van der Waals surface area contributed by atoms with Gasteiger partial charge in [-0.15, -0.1) is 0 Å². The molecule has 4 nitrogen and oxygen atoms in total. The summed E-state index contributed by atoms with van der Waals surface area (Å²) in [5.74, 6) is 0.836. The van der Waals surface area contributed by atoms with Crippen LogP contribution in [0.2, 0.25) is 0 Å². The summed E-state index contributed by atoms with van der Waals surface area (Å²) in [5, 5.41) is 0. The molecule has 0 saturated carbocycles. The van der Waals surface area contributed by atoms with E-state index in [0.717, 1.165) is 41.2 Å². The minimum Gasteiger partial charge on any atom is -0.494 e. The lowest BCUT2D eigenvalue weighted by Gasteiger charge is -2.24. The predicted molar refractivity (Wildman–Crippen MR) is 86.2 cm³/mol. The summed E-state index contributed by atoms with van der Waals surface area (Å²) in [6.45, 7) is 9.69. The Morgan fingerprint density at radius 1 is 1.35 bits per heavy atom. The van der Waals surface area contributed by atoms with Crippen molar-refractivity contribution >= 4 is 23.3 Å². The van der Waals surface area contributed by atoms with Crippen LogP contribution in [-0.2, 0) is 0 Å². The minimum absolute atomic E-state index is 0.322. The SMILES string of the molecule is CCN(CC)CC(C)n1c(=S)[nH]c2c(OC)cccc21. The molecule has 1 heterocycles. The highest BCUT2D eigenvalue weighted by atomic mass is 32.1. The maximum Gasteiger partial charge on any atom is 0.178 e. The molecule has 0 aliphatic rings. The molecule has 20 heavy (non-hydrogen) atoms. The summed E-state index contributed by atoms with van der Waals surface area (Å²) in [6, 6.07) is 6.36. The molecule has 0 radical (unpaired) electrons. The molecule has 1 aromatic heterocycles. The molecule has 110 valence electrons. The minimum atomic E-state index is 0.322. The van der Waals surface area contributed by atoms with Gasteiger partial charge in [-0.25, -0.2) is 0 Å². The number of aromatic nitrogens is 2. The van der Waals surface area contributed by atoms with Crippen LogP contribution in [0.3, 0.4) is 0 Å². The van der Waals surface area contributed by atoms with Crippen molar-refractivity contribution in [3.63, 3.8) is 0 Å². The van der Waals surface area contributed by atoms with Crippen molar-refractivity contribution in [2.45, 2.75) is 26.8 Å². The molecule has 2 rings (SSSR count). The van der Waals surface area contributed by atoms with Gasteiger partial charge in [0.25, 0.3) is 0 Å². The van der Waals surface area contributed by atoms with Gasteiger partial charge in [-0.1, -0.05) is 19.9 Å². The fourth-order valence-corrected chi connectivity index (χ4v) is 3.05. The average Bonchev–Trinajstić information content (AvgIpc) is 2.80. The largest absolute Gasteiger partial charge is 0.494 e. The van der Waals surface area contributed by atoms with Crippen molar-refractivity contribution in [2.24, 2.45) is 0 Å². The highest BCUT2D eigenvalue weighted by molar-refractivity contribution is 7.71. The molecule has 5 heteroatoms. The van der Waals surface area contributed by atoms with Gasteiger partial charge in [0.15, 0.2) is 4.77 Å². The molecular formula is C15H23N3OS. The number of fused-ring (bicyclic) bond motifs is 1. The number of hydrogen-bond donors (Lipinski definition) is 1. The van der Waals surface area contributed by atoms with E-state index >= 15 is 0 Å². The number of benzene rings is 1. The average molecular weight is 293 g/mol. The summed E-state index contributed by atoms with van der Waals surface area (Å²) < 4.78 is 8.34. The van der Waals surface area contributed by atoms with Crippen LogP contribution in [0.5, 0.6) is 5.75 Å². The summed E-state index contributed by atoms with van der Waals surface area (Å²) in [6.07, 6.45) is 0. The van der Waals surface area contributed by atoms with Gasteiger partial charge in [0.05, 0.1) is 12.6 Å². The second-order valence-electron chi connectivity index (χ2n) is 4.99. The van der Waals surface area contributed by atoms with Gasteiger partial charge in [0.1, 0.15) is 11.3 Å². The summed E-state index contributed by atoms with van der Waals surface area (Å²) in [4.78, 5) is 5.68. The van der Waals surface area contributed by atoms with Gasteiger partial charge in [-0.2, -0.15) is 0 Å². The van der Waals surface area contributed by atoms with E-state index in [9.17, 15) is 0 Å². The second kappa shape index (κ2) is 6.41. The van der Waals surface area contributed by atoms with Gasteiger partial charge in [-0.05, 0) is 44.4 Å². The van der Waals surface area contributed by atoms with E-state index < -0.39 is 0 Å². The van der Waals surface area contributed by atoms with E-state index in [4.69, 9.17) is 17.0 Å². The topological polar surface area (TPSA) is 33.2 Å². The van der Waals surface area contributed by atoms with Gasteiger partial charge in [0.2, 0.25) is 0 Å². The zero-order valence-corrected chi connectivity index (χ0v) is 13.5. The summed E-state index contributed by atoms with van der Waals surface area (Å²) in [7, 11) is 1.68. The molecule has 1 unspecified atom stereocenters. The Hall–Kier alpha value is -1.33. The normalized spacial score (nSPS) is 13.1. The number of aromatic amines is 1. The van der Waals surface area contributed by atoms with Crippen molar-refractivity contribution in [3.8, 4) is 5.75 Å². The maximum atomic E-state index is 5.50. The molecule has 1 aromatic carbocycles. The Kier molecular flexibility index (Phi) is 4.83. The smallest absolute Gasteiger partial charge is 0.178 e. The lowest BCUT2D eigenvalue weighted by molar-refractivity contribution is 0.262. The molecular weight excluding hydrogens is 270 g/mol. The van der Waals surface area contributed by atoms with E-state index in [-0.39, 0.29) is 0 Å². The van der Waals surface area contributed by atoms with Crippen LogP contribution in [0.15, 0.2) is 18.2 Å². The Bertz CT molecular complexity index is 628. The number of hydrogen-bond acceptors (Lipinski definition) is 3. The van der Waals surface area contributed by atoms with E-state index in [1.165, 1.54) is 0 Å². The lowest BCUT2D eigenvalue weighted by atomic mass is 10.2. The van der Waals surface area contributed by atoms with Gasteiger partial charge in [-0.3, -0.25) is 0 Å². The highest BCUT2D eigenvalue weighted by Gasteiger charge is 2.15. The van der Waals surface area contributed by atoms with Gasteiger partial charge in [0, 0.05) is 12.6 Å². The van der Waals surface area contributed by atoms with E-state index in [2.05, 4.69) is 41.3 Å². The summed E-state index contributed by atoms with van der Waals surface area (Å²) in [5.41, 5.74) is 2.08. The van der Waals surface area contributed by atoms with Crippen LogP contribution in [0, 0.1) is 4.77 Å². The van der Waals surface area contributed by atoms with Crippen molar-refractivity contribution in [1.82, 2.24) is 14.5 Å². The molecule has 0 fully saturated rings. The van der Waals surface area contributed by atoms with Crippen LogP contribution >= 0.6 is 12.2 Å². The zero-order valence-electron chi connectivity index (χ0n) is 12.6. The van der Waals surface area contributed by atoms with E-state index in [1.54, 1.807) is 7.11 Å². The Morgan fingerprint density at radius 3 is 2.65 bits per heavy atom. The quantitative estimate of drug-likeness (QED) is 0.826. The van der Waals surface area contributed by atoms with Crippen molar-refractivity contribution in [1.29, 1.82) is 0 Å². The predicted octanol–water partition coefficient (Wildman–Crippen LogP) is 3.61. The fourth-order valence-electron chi connectivity index (χ4n) is 2.67. The third-order valence-corrected chi connectivity index (χ3v) is 4.09. The molecule has 1 N–H and O–H groups in total. The van der Waals surface area contributed by atoms with Crippen LogP contribution < -0.4 is 4.74 Å². The molecule has 1 atom stereocenters. The third-order valence-electron chi connectivity index (χ3n) is 3.79. The first-order valence-corrected chi connectivity index (χ1v) is 7.52. The molecule has 0 amide bonds. The first-order valence-electron chi connectivity index (χ1n) is 7.11. The maximum absolute atomic E-state index is 5.50. The fraction of sp³-hybridized carbons (Fsp3) is 0.533. The van der Waals surface area contributed by atoms with E-state index in [0.29, 0.717) is 6.04 Å². The number of rotatable bonds is 6. The standard InChI is InChI=1S/C15H23N3OS/c1-5-17(6-2)10-11(3)18-12-8-7-9-13(19-4)14(12)16-15(18)20/h7-9,11H,5-6,10H2,1-4H3,(H,16,20). The molecule has 0 spiro atoms. The molecule has 0 bridgehead atoms. The van der Waals surface area contributed by atoms with Crippen molar-refractivity contribution in [3.05, 3.63) is 23.0 Å². The highest BCUT2D eigenvalue weighted by Crippen LogP contribution is 2.27. The second-order valence-corrected chi connectivity index (χ2v) is 5.38. The monoisotopic (exact) mass is 293 g/mol. The first kappa shape index (κ1) is 15.1. The zero-order chi connectivity index (χ0) is 14.7. The molecule has 0 aliphatic carbocycles. The van der Waals surface area contributed by atoms with Crippen molar-refractivity contribution < 1.29 is 4.74 Å². The van der Waals surface area contributed by atoms with Crippen LogP contribution in [0.1, 0.15) is 26.8 Å². The number of H-pyrrole nitrogens is 1. The molecule has 2 aromatic rings. The number of ether oxygens (including phenoxy) is 1. The number of para-hydroxylation sites is 1. The number of nitrogens with one attached hydrogen (secondary N) is 1. The first-order chi connectivity index (χ1) is 9.62.